The van der Waals surface area contributed by atoms with Crippen molar-refractivity contribution in [1.82, 2.24) is 4.98 Å². The molecule has 3 heteroatoms. The number of benzene rings is 1. The summed E-state index contributed by atoms with van der Waals surface area (Å²) in [4.78, 5) is 4.41. The van der Waals surface area contributed by atoms with Crippen molar-refractivity contribution in [3.8, 4) is 5.75 Å². The molecule has 1 heterocycles. The van der Waals surface area contributed by atoms with E-state index in [1.165, 1.54) is 0 Å². The molecule has 0 bridgehead atoms. The molecule has 0 spiro atoms. The Labute approximate surface area is 107 Å². The van der Waals surface area contributed by atoms with Crippen LogP contribution in [-0.4, -0.2) is 11.6 Å². The quantitative estimate of drug-likeness (QED) is 0.756. The molecule has 0 aliphatic heterocycles. The van der Waals surface area contributed by atoms with E-state index in [2.05, 4.69) is 18.0 Å². The van der Waals surface area contributed by atoms with Crippen molar-refractivity contribution in [3.63, 3.8) is 0 Å². The average Bonchev–Trinajstić information content (AvgIpc) is 2.31. The van der Waals surface area contributed by atoms with E-state index in [4.69, 9.17) is 16.3 Å². The molecule has 0 aliphatic carbocycles. The number of ether oxygens (including phenoxy) is 1. The van der Waals surface area contributed by atoms with Gasteiger partial charge in [-0.15, -0.1) is 0 Å². The lowest BCUT2D eigenvalue weighted by molar-refractivity contribution is 0.340. The lowest BCUT2D eigenvalue weighted by Crippen LogP contribution is -1.93. The molecule has 0 aliphatic rings. The summed E-state index contributed by atoms with van der Waals surface area (Å²) in [5.74, 6) is 0.881. The van der Waals surface area contributed by atoms with Crippen molar-refractivity contribution in [2.45, 2.75) is 26.7 Å². The van der Waals surface area contributed by atoms with Crippen LogP contribution in [0.2, 0.25) is 5.15 Å². The number of hydrogen-bond donors (Lipinski definition) is 0. The summed E-state index contributed by atoms with van der Waals surface area (Å²) in [5, 5.41) is 1.70. The molecule has 17 heavy (non-hydrogen) atoms. The first-order valence-electron chi connectivity index (χ1n) is 5.96. The van der Waals surface area contributed by atoms with Gasteiger partial charge in [-0.3, -0.25) is 0 Å². The highest BCUT2D eigenvalue weighted by atomic mass is 35.5. The van der Waals surface area contributed by atoms with E-state index in [9.17, 15) is 0 Å². The van der Waals surface area contributed by atoms with Crippen molar-refractivity contribution in [2.75, 3.05) is 6.61 Å². The maximum absolute atomic E-state index is 6.14. The number of fused-ring (bicyclic) bond motifs is 1. The largest absolute Gasteiger partial charge is 0.494 e. The summed E-state index contributed by atoms with van der Waals surface area (Å²) in [6, 6.07) is 7.99. The Morgan fingerprint density at radius 2 is 2.06 bits per heavy atom. The number of rotatable bonds is 4. The number of halogens is 1. The van der Waals surface area contributed by atoms with Gasteiger partial charge in [0.15, 0.2) is 0 Å². The van der Waals surface area contributed by atoms with Crippen LogP contribution in [0.25, 0.3) is 10.9 Å². The van der Waals surface area contributed by atoms with Gasteiger partial charge >= 0.3 is 0 Å². The molecule has 0 fully saturated rings. The maximum atomic E-state index is 6.14. The molecule has 0 atom stereocenters. The van der Waals surface area contributed by atoms with E-state index >= 15 is 0 Å². The molecule has 1 aromatic carbocycles. The zero-order valence-electron chi connectivity index (χ0n) is 10.2. The highest BCUT2D eigenvalue weighted by molar-refractivity contribution is 6.30. The van der Waals surface area contributed by atoms with E-state index in [0.717, 1.165) is 35.1 Å². The molecule has 0 unspecified atom stereocenters. The van der Waals surface area contributed by atoms with Gasteiger partial charge in [0.1, 0.15) is 10.9 Å². The van der Waals surface area contributed by atoms with Crippen LogP contribution in [0, 0.1) is 0 Å². The second-order valence-corrected chi connectivity index (χ2v) is 4.33. The van der Waals surface area contributed by atoms with E-state index in [1.54, 1.807) is 0 Å². The summed E-state index contributed by atoms with van der Waals surface area (Å²) >= 11 is 6.14. The third-order valence-corrected chi connectivity index (χ3v) is 2.97. The molecular formula is C14H16ClNO. The SMILES string of the molecule is CCCc1cc2cc(OCC)ccc2nc1Cl. The Morgan fingerprint density at radius 3 is 2.76 bits per heavy atom. The van der Waals surface area contributed by atoms with Gasteiger partial charge in [-0.25, -0.2) is 4.98 Å². The molecule has 2 rings (SSSR count). The van der Waals surface area contributed by atoms with Gasteiger partial charge in [-0.1, -0.05) is 24.9 Å². The number of nitrogens with zero attached hydrogens (tertiary/aromatic N) is 1. The third-order valence-electron chi connectivity index (χ3n) is 2.64. The van der Waals surface area contributed by atoms with Gasteiger partial charge < -0.3 is 4.74 Å². The van der Waals surface area contributed by atoms with Gasteiger partial charge in [0.05, 0.1) is 12.1 Å². The summed E-state index contributed by atoms with van der Waals surface area (Å²) in [5.41, 5.74) is 2.02. The van der Waals surface area contributed by atoms with Crippen molar-refractivity contribution >= 4 is 22.5 Å². The van der Waals surface area contributed by atoms with Gasteiger partial charge in [0.2, 0.25) is 0 Å². The Bertz CT molecular complexity index is 525. The molecule has 0 N–H and O–H groups in total. The Balaban J connectivity index is 2.48. The topological polar surface area (TPSA) is 22.1 Å². The minimum atomic E-state index is 0.614. The molecule has 0 saturated heterocycles. The van der Waals surface area contributed by atoms with Crippen LogP contribution in [0.5, 0.6) is 5.75 Å². The number of aryl methyl sites for hydroxylation is 1. The minimum Gasteiger partial charge on any atom is -0.494 e. The van der Waals surface area contributed by atoms with Crippen molar-refractivity contribution in [3.05, 3.63) is 35.0 Å². The fourth-order valence-electron chi connectivity index (χ4n) is 1.88. The molecule has 0 amide bonds. The van der Waals surface area contributed by atoms with Crippen molar-refractivity contribution in [2.24, 2.45) is 0 Å². The molecular weight excluding hydrogens is 234 g/mol. The second kappa shape index (κ2) is 5.37. The summed E-state index contributed by atoms with van der Waals surface area (Å²) in [6.45, 7) is 4.79. The van der Waals surface area contributed by atoms with Crippen LogP contribution in [0.15, 0.2) is 24.3 Å². The summed E-state index contributed by atoms with van der Waals surface area (Å²) in [6.07, 6.45) is 2.03. The summed E-state index contributed by atoms with van der Waals surface area (Å²) in [7, 11) is 0. The molecule has 2 nitrogen and oxygen atoms in total. The van der Waals surface area contributed by atoms with Crippen molar-refractivity contribution < 1.29 is 4.74 Å². The maximum Gasteiger partial charge on any atom is 0.132 e. The zero-order chi connectivity index (χ0) is 12.3. The van der Waals surface area contributed by atoms with E-state index in [0.29, 0.717) is 11.8 Å². The van der Waals surface area contributed by atoms with Gasteiger partial charge in [-0.2, -0.15) is 0 Å². The highest BCUT2D eigenvalue weighted by Crippen LogP contribution is 2.25. The molecule has 1 aromatic heterocycles. The van der Waals surface area contributed by atoms with Crippen molar-refractivity contribution in [1.29, 1.82) is 0 Å². The van der Waals surface area contributed by atoms with Crippen LogP contribution in [0.3, 0.4) is 0 Å². The number of aromatic nitrogens is 1. The minimum absolute atomic E-state index is 0.614. The molecule has 0 saturated carbocycles. The Kier molecular flexibility index (Phi) is 3.85. The van der Waals surface area contributed by atoms with E-state index in [-0.39, 0.29) is 0 Å². The lowest BCUT2D eigenvalue weighted by Gasteiger charge is -2.07. The zero-order valence-corrected chi connectivity index (χ0v) is 10.9. The molecule has 90 valence electrons. The normalized spacial score (nSPS) is 10.8. The standard InChI is InChI=1S/C14H16ClNO/c1-3-5-10-8-11-9-12(17-4-2)6-7-13(11)16-14(10)15/h6-9H,3-5H2,1-2H3. The van der Waals surface area contributed by atoms with Crippen LogP contribution < -0.4 is 4.74 Å². The predicted molar refractivity (Wildman–Crippen MR) is 71.9 cm³/mol. The molecule has 0 radical (unpaired) electrons. The van der Waals surface area contributed by atoms with E-state index < -0.39 is 0 Å². The van der Waals surface area contributed by atoms with Gasteiger partial charge in [-0.05, 0) is 43.2 Å². The number of hydrogen-bond acceptors (Lipinski definition) is 2. The third kappa shape index (κ3) is 2.70. The Morgan fingerprint density at radius 1 is 1.24 bits per heavy atom. The van der Waals surface area contributed by atoms with Crippen LogP contribution in [-0.2, 0) is 6.42 Å². The Hall–Kier alpha value is -1.28. The van der Waals surface area contributed by atoms with Crippen LogP contribution in [0.4, 0.5) is 0 Å². The fraction of sp³-hybridized carbons (Fsp3) is 0.357. The van der Waals surface area contributed by atoms with Crippen LogP contribution in [0.1, 0.15) is 25.8 Å². The fourth-order valence-corrected chi connectivity index (χ4v) is 2.12. The first-order valence-corrected chi connectivity index (χ1v) is 6.34. The van der Waals surface area contributed by atoms with Gasteiger partial charge in [0, 0.05) is 5.39 Å². The molecule has 2 aromatic rings. The second-order valence-electron chi connectivity index (χ2n) is 3.98. The first-order chi connectivity index (χ1) is 8.24. The monoisotopic (exact) mass is 249 g/mol. The lowest BCUT2D eigenvalue weighted by atomic mass is 10.1. The van der Waals surface area contributed by atoms with Gasteiger partial charge in [0.25, 0.3) is 0 Å². The predicted octanol–water partition coefficient (Wildman–Crippen LogP) is 4.24. The average molecular weight is 250 g/mol. The number of pyridine rings is 1. The smallest absolute Gasteiger partial charge is 0.132 e. The highest BCUT2D eigenvalue weighted by Gasteiger charge is 2.05. The summed E-state index contributed by atoms with van der Waals surface area (Å²) < 4.78 is 5.48. The first kappa shape index (κ1) is 12.2. The van der Waals surface area contributed by atoms with Crippen LogP contribution >= 0.6 is 11.6 Å². The van der Waals surface area contributed by atoms with E-state index in [1.807, 2.05) is 25.1 Å².